The van der Waals surface area contributed by atoms with E-state index < -0.39 is 11.9 Å². The predicted octanol–water partition coefficient (Wildman–Crippen LogP) is 2.78. The number of carboxylic acids is 1. The summed E-state index contributed by atoms with van der Waals surface area (Å²) >= 11 is 0. The van der Waals surface area contributed by atoms with E-state index in [1.54, 1.807) is 14.2 Å². The monoisotopic (exact) mass is 307 g/mol. The minimum Gasteiger partial charge on any atom is -0.493 e. The van der Waals surface area contributed by atoms with E-state index in [-0.39, 0.29) is 6.04 Å². The van der Waals surface area contributed by atoms with Crippen LogP contribution in [0.3, 0.4) is 0 Å². The Kier molecular flexibility index (Phi) is 5.66. The van der Waals surface area contributed by atoms with Gasteiger partial charge in [0.15, 0.2) is 11.5 Å². The zero-order valence-electron chi connectivity index (χ0n) is 13.5. The number of rotatable bonds is 7. The van der Waals surface area contributed by atoms with Crippen LogP contribution in [0.2, 0.25) is 0 Å². The summed E-state index contributed by atoms with van der Waals surface area (Å²) in [5.41, 5.74) is 2.16. The highest BCUT2D eigenvalue weighted by Crippen LogP contribution is 2.38. The van der Waals surface area contributed by atoms with Crippen molar-refractivity contribution in [1.82, 2.24) is 5.32 Å². The van der Waals surface area contributed by atoms with Crippen molar-refractivity contribution >= 4 is 5.97 Å². The summed E-state index contributed by atoms with van der Waals surface area (Å²) in [5, 5.41) is 13.0. The average Bonchev–Trinajstić information content (AvgIpc) is 2.53. The number of unbranched alkanes of at least 4 members (excludes halogenated alkanes) is 1. The highest BCUT2D eigenvalue weighted by Gasteiger charge is 2.33. The summed E-state index contributed by atoms with van der Waals surface area (Å²) in [7, 11) is 3.21. The van der Waals surface area contributed by atoms with Crippen LogP contribution in [0.15, 0.2) is 12.1 Å². The first-order chi connectivity index (χ1) is 10.6. The lowest BCUT2D eigenvalue weighted by atomic mass is 9.83. The van der Waals surface area contributed by atoms with Gasteiger partial charge in [-0.05, 0) is 42.6 Å². The molecule has 0 aromatic heterocycles. The van der Waals surface area contributed by atoms with Crippen molar-refractivity contribution in [3.8, 4) is 11.5 Å². The Morgan fingerprint density at radius 1 is 1.36 bits per heavy atom. The molecule has 5 heteroatoms. The summed E-state index contributed by atoms with van der Waals surface area (Å²) < 4.78 is 10.7. The molecule has 0 spiro atoms. The van der Waals surface area contributed by atoms with E-state index in [2.05, 4.69) is 12.2 Å². The van der Waals surface area contributed by atoms with E-state index in [1.165, 1.54) is 0 Å². The summed E-state index contributed by atoms with van der Waals surface area (Å²) in [6.07, 6.45) is 3.46. The van der Waals surface area contributed by atoms with Crippen LogP contribution in [-0.2, 0) is 11.2 Å². The molecule has 2 N–H and O–H groups in total. The molecule has 22 heavy (non-hydrogen) atoms. The molecule has 1 aromatic carbocycles. The summed E-state index contributed by atoms with van der Waals surface area (Å²) in [6, 6.07) is 3.72. The molecule has 0 saturated heterocycles. The van der Waals surface area contributed by atoms with Gasteiger partial charge in [-0.2, -0.15) is 0 Å². The molecule has 0 radical (unpaired) electrons. The van der Waals surface area contributed by atoms with Crippen LogP contribution in [0, 0.1) is 5.92 Å². The lowest BCUT2D eigenvalue weighted by Gasteiger charge is -2.32. The molecule has 0 aliphatic carbocycles. The first-order valence-electron chi connectivity index (χ1n) is 7.83. The Morgan fingerprint density at radius 2 is 2.05 bits per heavy atom. The Hall–Kier alpha value is -1.75. The highest BCUT2D eigenvalue weighted by atomic mass is 16.5. The van der Waals surface area contributed by atoms with Crippen LogP contribution < -0.4 is 14.8 Å². The standard InChI is InChI=1S/C17H25NO4/c1-4-5-6-12(17(19)20)16-13-10-15(22-3)14(21-2)9-11(13)7-8-18-16/h9-10,12,16,18H,4-8H2,1-3H3,(H,19,20). The van der Waals surface area contributed by atoms with Crippen LogP contribution in [0.25, 0.3) is 0 Å². The lowest BCUT2D eigenvalue weighted by Crippen LogP contribution is -2.38. The van der Waals surface area contributed by atoms with E-state index in [0.717, 1.165) is 36.9 Å². The van der Waals surface area contributed by atoms with Crippen molar-refractivity contribution in [1.29, 1.82) is 0 Å². The number of nitrogens with one attached hydrogen (secondary N) is 1. The number of methoxy groups -OCH3 is 2. The van der Waals surface area contributed by atoms with Gasteiger partial charge in [-0.15, -0.1) is 0 Å². The zero-order chi connectivity index (χ0) is 16.1. The summed E-state index contributed by atoms with van der Waals surface area (Å²) in [5.74, 6) is 0.183. The Morgan fingerprint density at radius 3 is 2.64 bits per heavy atom. The molecular formula is C17H25NO4. The fourth-order valence-electron chi connectivity index (χ4n) is 3.13. The third kappa shape index (κ3) is 3.35. The van der Waals surface area contributed by atoms with Crippen molar-refractivity contribution in [2.75, 3.05) is 20.8 Å². The molecule has 1 heterocycles. The molecule has 2 unspecified atom stereocenters. The van der Waals surface area contributed by atoms with Gasteiger partial charge in [0.2, 0.25) is 0 Å². The average molecular weight is 307 g/mol. The maximum Gasteiger partial charge on any atom is 0.308 e. The van der Waals surface area contributed by atoms with Crippen molar-refractivity contribution in [2.24, 2.45) is 5.92 Å². The quantitative estimate of drug-likeness (QED) is 0.811. The Balaban J connectivity index is 2.39. The molecule has 0 bridgehead atoms. The van der Waals surface area contributed by atoms with Crippen molar-refractivity contribution in [2.45, 2.75) is 38.6 Å². The van der Waals surface area contributed by atoms with Crippen LogP contribution >= 0.6 is 0 Å². The first kappa shape index (κ1) is 16.6. The first-order valence-corrected chi connectivity index (χ1v) is 7.83. The topological polar surface area (TPSA) is 67.8 Å². The second-order valence-corrected chi connectivity index (χ2v) is 5.67. The van der Waals surface area contributed by atoms with Crippen molar-refractivity contribution < 1.29 is 19.4 Å². The van der Waals surface area contributed by atoms with Crippen LogP contribution in [0.5, 0.6) is 11.5 Å². The Bertz CT molecular complexity index is 530. The van der Waals surface area contributed by atoms with E-state index in [1.807, 2.05) is 12.1 Å². The van der Waals surface area contributed by atoms with E-state index in [4.69, 9.17) is 9.47 Å². The van der Waals surface area contributed by atoms with Crippen molar-refractivity contribution in [3.63, 3.8) is 0 Å². The molecule has 1 aliphatic rings. The normalized spacial score (nSPS) is 18.4. The fourth-order valence-corrected chi connectivity index (χ4v) is 3.13. The minimum absolute atomic E-state index is 0.174. The van der Waals surface area contributed by atoms with Gasteiger partial charge in [-0.1, -0.05) is 19.8 Å². The molecule has 122 valence electrons. The van der Waals surface area contributed by atoms with Gasteiger partial charge in [0.1, 0.15) is 0 Å². The Labute approximate surface area is 131 Å². The molecule has 5 nitrogen and oxygen atoms in total. The number of ether oxygens (including phenoxy) is 2. The van der Waals surface area contributed by atoms with Gasteiger partial charge in [0.25, 0.3) is 0 Å². The number of benzene rings is 1. The second-order valence-electron chi connectivity index (χ2n) is 5.67. The number of aliphatic carboxylic acids is 1. The van der Waals surface area contributed by atoms with Crippen LogP contribution in [-0.4, -0.2) is 31.8 Å². The molecule has 2 rings (SSSR count). The zero-order valence-corrected chi connectivity index (χ0v) is 13.5. The van der Waals surface area contributed by atoms with Gasteiger partial charge in [0, 0.05) is 6.04 Å². The third-order valence-electron chi connectivity index (χ3n) is 4.33. The van der Waals surface area contributed by atoms with Crippen LogP contribution in [0.1, 0.15) is 43.4 Å². The number of hydrogen-bond donors (Lipinski definition) is 2. The summed E-state index contributed by atoms with van der Waals surface area (Å²) in [4.78, 5) is 11.7. The fraction of sp³-hybridized carbons (Fsp3) is 0.588. The largest absolute Gasteiger partial charge is 0.493 e. The molecule has 1 aromatic rings. The van der Waals surface area contributed by atoms with Gasteiger partial charge in [-0.3, -0.25) is 4.79 Å². The molecular weight excluding hydrogens is 282 g/mol. The summed E-state index contributed by atoms with van der Waals surface area (Å²) in [6.45, 7) is 2.86. The number of carbonyl (C=O) groups is 1. The van der Waals surface area contributed by atoms with E-state index >= 15 is 0 Å². The van der Waals surface area contributed by atoms with Crippen molar-refractivity contribution in [3.05, 3.63) is 23.3 Å². The number of fused-ring (bicyclic) bond motifs is 1. The SMILES string of the molecule is CCCCC(C(=O)O)C1NCCc2cc(OC)c(OC)cc21. The lowest BCUT2D eigenvalue weighted by molar-refractivity contribution is -0.143. The number of hydrogen-bond acceptors (Lipinski definition) is 4. The molecule has 0 amide bonds. The molecule has 0 saturated carbocycles. The van der Waals surface area contributed by atoms with Gasteiger partial charge in [-0.25, -0.2) is 0 Å². The van der Waals surface area contributed by atoms with Gasteiger partial charge >= 0.3 is 5.97 Å². The van der Waals surface area contributed by atoms with E-state index in [0.29, 0.717) is 17.9 Å². The smallest absolute Gasteiger partial charge is 0.308 e. The maximum atomic E-state index is 11.7. The van der Waals surface area contributed by atoms with Crippen LogP contribution in [0.4, 0.5) is 0 Å². The minimum atomic E-state index is -0.742. The van der Waals surface area contributed by atoms with Gasteiger partial charge < -0.3 is 19.9 Å². The predicted molar refractivity (Wildman–Crippen MR) is 84.6 cm³/mol. The third-order valence-corrected chi connectivity index (χ3v) is 4.33. The molecule has 2 atom stereocenters. The molecule has 0 fully saturated rings. The highest BCUT2D eigenvalue weighted by molar-refractivity contribution is 5.71. The van der Waals surface area contributed by atoms with Gasteiger partial charge in [0.05, 0.1) is 20.1 Å². The second kappa shape index (κ2) is 7.49. The molecule has 1 aliphatic heterocycles. The number of carboxylic acid groups (broad SMARTS) is 1. The van der Waals surface area contributed by atoms with E-state index in [9.17, 15) is 9.90 Å². The maximum absolute atomic E-state index is 11.7.